The van der Waals surface area contributed by atoms with Gasteiger partial charge >= 0.3 is 6.18 Å². The fourth-order valence-corrected chi connectivity index (χ4v) is 2.51. The van der Waals surface area contributed by atoms with Crippen LogP contribution in [0.2, 0.25) is 5.02 Å². The molecule has 1 aromatic rings. The zero-order valence-corrected chi connectivity index (χ0v) is 12.7. The van der Waals surface area contributed by atoms with Crippen LogP contribution in [0.25, 0.3) is 0 Å². The summed E-state index contributed by atoms with van der Waals surface area (Å²) < 4.78 is 45.8. The number of nitrogens with one attached hydrogen (secondary N) is 1. The minimum absolute atomic E-state index is 0.0332. The zero-order valence-electron chi connectivity index (χ0n) is 12.0. The molecule has 0 aliphatic carbocycles. The lowest BCUT2D eigenvalue weighted by atomic mass is 10.2. The van der Waals surface area contributed by atoms with Gasteiger partial charge in [-0.15, -0.1) is 0 Å². The lowest BCUT2D eigenvalue weighted by Gasteiger charge is -2.31. The third-order valence-corrected chi connectivity index (χ3v) is 3.45. The Morgan fingerprint density at radius 1 is 1.27 bits per heavy atom. The quantitative estimate of drug-likeness (QED) is 0.808. The molecule has 22 heavy (non-hydrogen) atoms. The molecule has 0 spiro atoms. The highest BCUT2D eigenvalue weighted by Crippen LogP contribution is 2.34. The highest BCUT2D eigenvalue weighted by atomic mass is 35.5. The number of ether oxygens (including phenoxy) is 2. The number of halogens is 4. The topological polar surface area (TPSA) is 33.7 Å². The summed E-state index contributed by atoms with van der Waals surface area (Å²) in [6, 6.07) is 5.43. The highest BCUT2D eigenvalue weighted by Gasteiger charge is 2.27. The smallest absolute Gasteiger partial charge is 0.381 e. The fourth-order valence-electron chi connectivity index (χ4n) is 2.21. The van der Waals surface area contributed by atoms with Crippen LogP contribution in [0, 0.1) is 0 Å². The number of nitrogens with zero attached hydrogens (tertiary/aromatic N) is 1. The maximum Gasteiger partial charge on any atom is 0.411 e. The van der Waals surface area contributed by atoms with Gasteiger partial charge in [0.15, 0.2) is 0 Å². The van der Waals surface area contributed by atoms with Gasteiger partial charge in [0.05, 0.1) is 36.2 Å². The van der Waals surface area contributed by atoms with Crippen LogP contribution in [-0.4, -0.2) is 52.2 Å². The molecule has 1 saturated heterocycles. The number of alkyl halides is 3. The molecule has 0 atom stereocenters. The summed E-state index contributed by atoms with van der Waals surface area (Å²) in [6.07, 6.45) is -4.30. The molecule has 1 aliphatic heterocycles. The molecule has 0 radical (unpaired) electrons. The van der Waals surface area contributed by atoms with Gasteiger partial charge in [0.1, 0.15) is 6.61 Å². The van der Waals surface area contributed by atoms with Crippen molar-refractivity contribution in [1.29, 1.82) is 0 Å². The van der Waals surface area contributed by atoms with Crippen LogP contribution in [0.5, 0.6) is 0 Å². The van der Waals surface area contributed by atoms with E-state index in [0.717, 1.165) is 24.5 Å². The Hall–Kier alpha value is -1.18. The van der Waals surface area contributed by atoms with E-state index < -0.39 is 12.8 Å². The number of morpholine rings is 1. The van der Waals surface area contributed by atoms with Gasteiger partial charge in [0, 0.05) is 19.6 Å². The van der Waals surface area contributed by atoms with Crippen LogP contribution in [0.1, 0.15) is 0 Å². The summed E-state index contributed by atoms with van der Waals surface area (Å²) in [5, 5.41) is 3.68. The first-order valence-electron chi connectivity index (χ1n) is 6.97. The predicted molar refractivity (Wildman–Crippen MR) is 79.8 cm³/mol. The van der Waals surface area contributed by atoms with Crippen LogP contribution >= 0.6 is 11.6 Å². The van der Waals surface area contributed by atoms with E-state index in [9.17, 15) is 13.2 Å². The van der Waals surface area contributed by atoms with Gasteiger partial charge in [-0.3, -0.25) is 0 Å². The largest absolute Gasteiger partial charge is 0.411 e. The Labute approximate surface area is 132 Å². The molecule has 4 nitrogen and oxygen atoms in total. The summed E-state index contributed by atoms with van der Waals surface area (Å²) in [6.45, 7) is 1.70. The second-order valence-electron chi connectivity index (χ2n) is 4.83. The molecule has 0 bridgehead atoms. The van der Waals surface area contributed by atoms with Crippen LogP contribution in [0.3, 0.4) is 0 Å². The van der Waals surface area contributed by atoms with E-state index in [1.54, 1.807) is 12.1 Å². The summed E-state index contributed by atoms with van der Waals surface area (Å²) in [7, 11) is 0. The standard InChI is InChI=1S/C14H18ClF3N2O2/c15-11-2-1-3-12(13(11)20-5-8-21-9-6-20)19-4-7-22-10-14(16,17)18/h1-3,19H,4-10H2. The van der Waals surface area contributed by atoms with Gasteiger partial charge in [0.25, 0.3) is 0 Å². The summed E-state index contributed by atoms with van der Waals surface area (Å²) in [5.74, 6) is 0. The second kappa shape index (κ2) is 7.89. The van der Waals surface area contributed by atoms with E-state index >= 15 is 0 Å². The highest BCUT2D eigenvalue weighted by molar-refractivity contribution is 6.34. The number of para-hydroxylation sites is 1. The summed E-state index contributed by atoms with van der Waals surface area (Å²) >= 11 is 6.26. The molecular weight excluding hydrogens is 321 g/mol. The summed E-state index contributed by atoms with van der Waals surface area (Å²) in [5.41, 5.74) is 1.63. The second-order valence-corrected chi connectivity index (χ2v) is 5.24. The molecule has 1 fully saturated rings. The number of anilines is 2. The molecule has 8 heteroatoms. The Morgan fingerprint density at radius 2 is 2.00 bits per heavy atom. The molecule has 1 N–H and O–H groups in total. The first kappa shape index (κ1) is 17.2. The molecule has 0 unspecified atom stereocenters. The van der Waals surface area contributed by atoms with Crippen LogP contribution in [0.4, 0.5) is 24.5 Å². The molecule has 0 aromatic heterocycles. The van der Waals surface area contributed by atoms with Gasteiger partial charge in [0.2, 0.25) is 0 Å². The Balaban J connectivity index is 1.91. The lowest BCUT2D eigenvalue weighted by molar-refractivity contribution is -0.172. The van der Waals surface area contributed by atoms with Crippen molar-refractivity contribution in [2.45, 2.75) is 6.18 Å². The van der Waals surface area contributed by atoms with E-state index in [4.69, 9.17) is 16.3 Å². The van der Waals surface area contributed by atoms with E-state index in [1.807, 2.05) is 6.07 Å². The van der Waals surface area contributed by atoms with Gasteiger partial charge in [-0.2, -0.15) is 13.2 Å². The van der Waals surface area contributed by atoms with Crippen molar-refractivity contribution < 1.29 is 22.6 Å². The molecule has 1 aliphatic rings. The average Bonchev–Trinajstić information content (AvgIpc) is 2.47. The van der Waals surface area contributed by atoms with Gasteiger partial charge < -0.3 is 19.7 Å². The molecule has 0 amide bonds. The Kier molecular flexibility index (Phi) is 6.16. The monoisotopic (exact) mass is 338 g/mol. The normalized spacial score (nSPS) is 15.9. The molecule has 124 valence electrons. The average molecular weight is 339 g/mol. The zero-order chi connectivity index (χ0) is 16.0. The molecule has 1 heterocycles. The SMILES string of the molecule is FC(F)(F)COCCNc1cccc(Cl)c1N1CCOCC1. The first-order valence-corrected chi connectivity index (χ1v) is 7.35. The minimum Gasteiger partial charge on any atom is -0.381 e. The first-order chi connectivity index (χ1) is 10.5. The number of benzene rings is 1. The van der Waals surface area contributed by atoms with E-state index in [-0.39, 0.29) is 13.2 Å². The van der Waals surface area contributed by atoms with Crippen molar-refractivity contribution in [3.8, 4) is 0 Å². The van der Waals surface area contributed by atoms with Crippen molar-refractivity contribution in [1.82, 2.24) is 0 Å². The van der Waals surface area contributed by atoms with Crippen molar-refractivity contribution in [3.63, 3.8) is 0 Å². The predicted octanol–water partition coefficient (Wildman–Crippen LogP) is 3.17. The fraction of sp³-hybridized carbons (Fsp3) is 0.571. The van der Waals surface area contributed by atoms with Crippen molar-refractivity contribution in [2.75, 3.05) is 56.3 Å². The molecule has 0 saturated carbocycles. The lowest BCUT2D eigenvalue weighted by Crippen LogP contribution is -2.37. The Bertz CT molecular complexity index is 480. The van der Waals surface area contributed by atoms with E-state index in [0.29, 0.717) is 18.2 Å². The maximum absolute atomic E-state index is 12.0. The van der Waals surface area contributed by atoms with Crippen LogP contribution < -0.4 is 10.2 Å². The number of hydrogen-bond acceptors (Lipinski definition) is 4. The summed E-state index contributed by atoms with van der Waals surface area (Å²) in [4.78, 5) is 2.10. The van der Waals surface area contributed by atoms with Crippen molar-refractivity contribution in [3.05, 3.63) is 23.2 Å². The minimum atomic E-state index is -4.30. The van der Waals surface area contributed by atoms with Crippen molar-refractivity contribution >= 4 is 23.0 Å². The third kappa shape index (κ3) is 5.23. The van der Waals surface area contributed by atoms with Crippen LogP contribution in [-0.2, 0) is 9.47 Å². The van der Waals surface area contributed by atoms with E-state index in [1.165, 1.54) is 0 Å². The third-order valence-electron chi connectivity index (χ3n) is 3.14. The van der Waals surface area contributed by atoms with Gasteiger partial charge in [-0.1, -0.05) is 17.7 Å². The van der Waals surface area contributed by atoms with Gasteiger partial charge in [-0.05, 0) is 12.1 Å². The molecule has 1 aromatic carbocycles. The van der Waals surface area contributed by atoms with Gasteiger partial charge in [-0.25, -0.2) is 0 Å². The number of hydrogen-bond donors (Lipinski definition) is 1. The van der Waals surface area contributed by atoms with Crippen molar-refractivity contribution in [2.24, 2.45) is 0 Å². The number of rotatable bonds is 6. The Morgan fingerprint density at radius 3 is 2.68 bits per heavy atom. The maximum atomic E-state index is 12.0. The van der Waals surface area contributed by atoms with Crippen LogP contribution in [0.15, 0.2) is 18.2 Å². The molecule has 2 rings (SSSR count). The van der Waals surface area contributed by atoms with E-state index in [2.05, 4.69) is 15.0 Å². The molecular formula is C14H18ClF3N2O2.